The average molecular weight is 376 g/mol. The summed E-state index contributed by atoms with van der Waals surface area (Å²) in [5, 5.41) is 12.4. The first-order valence-electron chi connectivity index (χ1n) is 10.7. The highest BCUT2D eigenvalue weighted by Crippen LogP contribution is 2.37. The van der Waals surface area contributed by atoms with Gasteiger partial charge in [-0.05, 0) is 68.5 Å². The summed E-state index contributed by atoms with van der Waals surface area (Å²) in [5.74, 6) is 0.637. The molecule has 0 amide bonds. The van der Waals surface area contributed by atoms with E-state index in [2.05, 4.69) is 39.9 Å². The fourth-order valence-electron chi connectivity index (χ4n) is 5.30. The van der Waals surface area contributed by atoms with E-state index >= 15 is 0 Å². The molecule has 146 valence electrons. The maximum Gasteiger partial charge on any atom is 0.129 e. The highest BCUT2D eigenvalue weighted by Gasteiger charge is 2.29. The highest BCUT2D eigenvalue weighted by atomic mass is 16.5. The lowest BCUT2D eigenvalue weighted by Gasteiger charge is -2.36. The fraction of sp³-hybridized carbons (Fsp3) is 0.417. The molecule has 5 rings (SSSR count). The number of nitrogens with two attached hydrogens (primary N) is 1. The number of hydrogen-bond donors (Lipinski definition) is 1. The van der Waals surface area contributed by atoms with Crippen molar-refractivity contribution in [3.8, 4) is 5.69 Å². The average Bonchev–Trinajstić information content (AvgIpc) is 3.43. The summed E-state index contributed by atoms with van der Waals surface area (Å²) >= 11 is 0. The zero-order valence-electron chi connectivity index (χ0n) is 16.4. The summed E-state index contributed by atoms with van der Waals surface area (Å²) < 4.78 is 2.29. The molecule has 0 bridgehead atoms. The van der Waals surface area contributed by atoms with Crippen LogP contribution >= 0.6 is 0 Å². The van der Waals surface area contributed by atoms with E-state index in [9.17, 15) is 5.21 Å². The van der Waals surface area contributed by atoms with Crippen molar-refractivity contribution in [2.75, 3.05) is 13.1 Å². The second kappa shape index (κ2) is 7.70. The first-order valence-corrected chi connectivity index (χ1v) is 10.7. The summed E-state index contributed by atoms with van der Waals surface area (Å²) in [6.07, 6.45) is 10.5. The summed E-state index contributed by atoms with van der Waals surface area (Å²) in [6, 6.07) is 17.5. The number of rotatable bonds is 4. The van der Waals surface area contributed by atoms with E-state index in [0.717, 1.165) is 22.9 Å². The van der Waals surface area contributed by atoms with Crippen molar-refractivity contribution in [3.05, 3.63) is 65.5 Å². The van der Waals surface area contributed by atoms with Crippen LogP contribution in [0.5, 0.6) is 0 Å². The van der Waals surface area contributed by atoms with Gasteiger partial charge in [-0.2, -0.15) is 0 Å². The molecular formula is C24H29N3O. The topological polar surface area (TPSA) is 47.8 Å². The summed E-state index contributed by atoms with van der Waals surface area (Å²) in [6.45, 7) is 2.48. The van der Waals surface area contributed by atoms with Crippen LogP contribution < -0.4 is 5.48 Å². The van der Waals surface area contributed by atoms with E-state index < -0.39 is 0 Å². The molecule has 2 aliphatic rings. The molecule has 4 nitrogen and oxygen atoms in total. The molecule has 4 heteroatoms. The molecule has 0 spiro atoms. The lowest BCUT2D eigenvalue weighted by molar-refractivity contribution is -0.497. The van der Waals surface area contributed by atoms with Crippen LogP contribution in [0.25, 0.3) is 16.6 Å². The largest absolute Gasteiger partial charge is 0.630 e. The number of likely N-dealkylation sites (tertiary alicyclic amines) is 1. The van der Waals surface area contributed by atoms with Crippen molar-refractivity contribution in [2.45, 2.75) is 50.5 Å². The van der Waals surface area contributed by atoms with Crippen molar-refractivity contribution >= 4 is 16.6 Å². The minimum Gasteiger partial charge on any atom is -0.630 e. The molecule has 2 fully saturated rings. The zero-order chi connectivity index (χ0) is 18.9. The van der Waals surface area contributed by atoms with Crippen molar-refractivity contribution < 1.29 is 5.48 Å². The van der Waals surface area contributed by atoms with Gasteiger partial charge < -0.3 is 20.2 Å². The Morgan fingerprint density at radius 1 is 0.857 bits per heavy atom. The Morgan fingerprint density at radius 2 is 1.57 bits per heavy atom. The Kier molecular flexibility index (Phi) is 4.93. The van der Waals surface area contributed by atoms with Crippen LogP contribution in [0.15, 0.2) is 54.7 Å². The Bertz CT molecular complexity index is 932. The van der Waals surface area contributed by atoms with Crippen LogP contribution in [0, 0.1) is 5.21 Å². The molecule has 28 heavy (non-hydrogen) atoms. The van der Waals surface area contributed by atoms with Gasteiger partial charge in [0.15, 0.2) is 0 Å². The molecular weight excluding hydrogens is 346 g/mol. The Balaban J connectivity index is 1.43. The number of hydrogen-bond acceptors (Lipinski definition) is 2. The van der Waals surface area contributed by atoms with Gasteiger partial charge in [0, 0.05) is 35.4 Å². The first-order chi connectivity index (χ1) is 13.8. The van der Waals surface area contributed by atoms with E-state index in [1.165, 1.54) is 68.1 Å². The fourth-order valence-corrected chi connectivity index (χ4v) is 5.30. The van der Waals surface area contributed by atoms with Gasteiger partial charge in [-0.15, -0.1) is 0 Å². The van der Waals surface area contributed by atoms with Crippen molar-refractivity contribution in [3.63, 3.8) is 0 Å². The van der Waals surface area contributed by atoms with Crippen LogP contribution in [0.3, 0.4) is 0 Å². The quantitative estimate of drug-likeness (QED) is 0.541. The number of nitrogens with zero attached hydrogens (tertiary/aromatic N) is 2. The van der Waals surface area contributed by atoms with E-state index in [4.69, 9.17) is 0 Å². The maximum absolute atomic E-state index is 11.0. The van der Waals surface area contributed by atoms with Gasteiger partial charge in [0.05, 0.1) is 5.52 Å². The third-order valence-corrected chi connectivity index (χ3v) is 6.86. The number of fused-ring (bicyclic) bond motifs is 1. The van der Waals surface area contributed by atoms with Gasteiger partial charge in [-0.1, -0.05) is 31.0 Å². The van der Waals surface area contributed by atoms with Crippen molar-refractivity contribution in [1.82, 2.24) is 9.47 Å². The lowest BCUT2D eigenvalue weighted by Crippen LogP contribution is -2.70. The lowest BCUT2D eigenvalue weighted by atomic mass is 9.88. The molecule has 2 aromatic carbocycles. The summed E-state index contributed by atoms with van der Waals surface area (Å²) in [4.78, 5) is 2.75. The van der Waals surface area contributed by atoms with Gasteiger partial charge in [-0.3, -0.25) is 0 Å². The second-order valence-corrected chi connectivity index (χ2v) is 8.43. The van der Waals surface area contributed by atoms with E-state index in [-0.39, 0.29) is 0 Å². The van der Waals surface area contributed by atoms with Gasteiger partial charge in [0.1, 0.15) is 5.69 Å². The predicted octanol–water partition coefficient (Wildman–Crippen LogP) is 4.45. The van der Waals surface area contributed by atoms with Crippen LogP contribution in [-0.2, 0) is 0 Å². The molecule has 3 aromatic rings. The third-order valence-electron chi connectivity index (χ3n) is 6.86. The normalized spacial score (nSPS) is 19.6. The highest BCUT2D eigenvalue weighted by molar-refractivity contribution is 5.86. The molecule has 2 heterocycles. The minimum atomic E-state index is 0.637. The standard InChI is InChI=1S/C24H29N3O/c28-25-19-9-11-21(12-10-19)27-17-23(22-7-3-4-8-24(22)27)18-13-15-26(16-14-18)20-5-1-2-6-20/h3-4,7-12,17-18,20H,1-2,5-6,13-16,25H2. The number of benzene rings is 2. The van der Waals surface area contributed by atoms with Gasteiger partial charge >= 0.3 is 0 Å². The number of aromatic nitrogens is 1. The van der Waals surface area contributed by atoms with Crippen LogP contribution in [0.2, 0.25) is 0 Å². The van der Waals surface area contributed by atoms with Crippen LogP contribution in [0.1, 0.15) is 50.0 Å². The van der Waals surface area contributed by atoms with Crippen molar-refractivity contribution in [2.24, 2.45) is 0 Å². The molecule has 1 saturated heterocycles. The first kappa shape index (κ1) is 17.9. The van der Waals surface area contributed by atoms with E-state index in [1.807, 2.05) is 24.3 Å². The molecule has 1 aromatic heterocycles. The SMILES string of the molecule is [O-][NH2+]c1ccc(-n2cc(C3CCN(C4CCCC4)CC3)c3ccccc32)cc1. The molecule has 1 saturated carbocycles. The van der Waals surface area contributed by atoms with Crippen LogP contribution in [-0.4, -0.2) is 28.6 Å². The van der Waals surface area contributed by atoms with Gasteiger partial charge in [0.25, 0.3) is 0 Å². The Hall–Kier alpha value is -2.14. The van der Waals surface area contributed by atoms with Gasteiger partial charge in [-0.25, -0.2) is 0 Å². The van der Waals surface area contributed by atoms with Gasteiger partial charge in [0.2, 0.25) is 0 Å². The Labute approximate surface area is 166 Å². The van der Waals surface area contributed by atoms with Crippen LogP contribution in [0.4, 0.5) is 5.69 Å². The monoisotopic (exact) mass is 375 g/mol. The molecule has 0 radical (unpaired) electrons. The van der Waals surface area contributed by atoms with E-state index in [0.29, 0.717) is 5.92 Å². The zero-order valence-corrected chi connectivity index (χ0v) is 16.4. The summed E-state index contributed by atoms with van der Waals surface area (Å²) in [7, 11) is 0. The molecule has 1 aliphatic heterocycles. The van der Waals surface area contributed by atoms with E-state index in [1.54, 1.807) is 0 Å². The number of quaternary nitrogens is 1. The molecule has 0 unspecified atom stereocenters. The van der Waals surface area contributed by atoms with Crippen molar-refractivity contribution in [1.29, 1.82) is 0 Å². The number of piperidine rings is 1. The molecule has 1 aliphatic carbocycles. The molecule has 0 atom stereocenters. The predicted molar refractivity (Wildman–Crippen MR) is 114 cm³/mol. The second-order valence-electron chi connectivity index (χ2n) is 8.43. The number of para-hydroxylation sites is 1. The maximum atomic E-state index is 11.0. The summed E-state index contributed by atoms with van der Waals surface area (Å²) in [5.41, 5.74) is 5.49. The smallest absolute Gasteiger partial charge is 0.129 e. The molecule has 2 N–H and O–H groups in total. The minimum absolute atomic E-state index is 0.637. The third kappa shape index (κ3) is 3.26. The Morgan fingerprint density at radius 3 is 2.29 bits per heavy atom.